The summed E-state index contributed by atoms with van der Waals surface area (Å²) in [5, 5.41) is 3.18. The second kappa shape index (κ2) is 14.3. The van der Waals surface area contributed by atoms with Gasteiger partial charge in [-0.25, -0.2) is 4.99 Å². The van der Waals surface area contributed by atoms with E-state index in [1.165, 1.54) is 11.1 Å². The number of nitrogens with two attached hydrogens (primary N) is 1. The standard InChI is InChI=1S/C25H37N5O2.HI/c1-4-29-13-15-30(16-14-29)19-21-10-8-7-9-20(21)18-27-25(26)28-23-17-22(31-5-2)11-12-24(23)32-6-3;/h7-12,17H,4-6,13-16,18-19H2,1-3H3,(H3,26,27,28);1H. The number of ether oxygens (including phenoxy) is 2. The third-order valence-electron chi connectivity index (χ3n) is 5.67. The zero-order valence-corrected chi connectivity index (χ0v) is 22.4. The predicted octanol–water partition coefficient (Wildman–Crippen LogP) is 4.17. The van der Waals surface area contributed by atoms with Gasteiger partial charge in [-0.3, -0.25) is 4.90 Å². The largest absolute Gasteiger partial charge is 0.494 e. The minimum Gasteiger partial charge on any atom is -0.494 e. The molecular formula is C25H38IN5O2. The number of hydrogen-bond acceptors (Lipinski definition) is 5. The number of nitrogens with zero attached hydrogens (tertiary/aromatic N) is 3. The van der Waals surface area contributed by atoms with Crippen molar-refractivity contribution in [1.82, 2.24) is 9.80 Å². The molecule has 1 aliphatic heterocycles. The number of nitrogens with one attached hydrogen (secondary N) is 1. The van der Waals surface area contributed by atoms with E-state index >= 15 is 0 Å². The van der Waals surface area contributed by atoms with Crippen molar-refractivity contribution in [2.75, 3.05) is 51.3 Å². The van der Waals surface area contributed by atoms with Crippen LogP contribution in [0.5, 0.6) is 11.5 Å². The molecule has 0 atom stereocenters. The van der Waals surface area contributed by atoms with Crippen LogP contribution in [0.4, 0.5) is 5.69 Å². The molecule has 1 saturated heterocycles. The number of piperazine rings is 1. The third-order valence-corrected chi connectivity index (χ3v) is 5.67. The van der Waals surface area contributed by atoms with Gasteiger partial charge in [0.1, 0.15) is 11.5 Å². The number of rotatable bonds is 10. The van der Waals surface area contributed by atoms with Crippen LogP contribution in [0.1, 0.15) is 31.9 Å². The normalized spacial score (nSPS) is 15.1. The number of anilines is 1. The topological polar surface area (TPSA) is 75.3 Å². The quantitative estimate of drug-likeness (QED) is 0.255. The Morgan fingerprint density at radius 1 is 0.939 bits per heavy atom. The van der Waals surface area contributed by atoms with Gasteiger partial charge in [-0.1, -0.05) is 31.2 Å². The van der Waals surface area contributed by atoms with E-state index in [1.807, 2.05) is 32.0 Å². The van der Waals surface area contributed by atoms with Gasteiger partial charge in [0.15, 0.2) is 5.96 Å². The van der Waals surface area contributed by atoms with Crippen LogP contribution in [0.2, 0.25) is 0 Å². The lowest BCUT2D eigenvalue weighted by atomic mass is 10.1. The first kappa shape index (κ1) is 27.2. The molecule has 0 radical (unpaired) electrons. The SMILES string of the molecule is CCOc1ccc(OCC)c(NC(N)=NCc2ccccc2CN2CCN(CC)CC2)c1.I. The van der Waals surface area contributed by atoms with Crippen molar-refractivity contribution in [2.45, 2.75) is 33.9 Å². The maximum absolute atomic E-state index is 6.23. The Bertz CT molecular complexity index is 885. The fourth-order valence-electron chi connectivity index (χ4n) is 3.86. The summed E-state index contributed by atoms with van der Waals surface area (Å²) in [5.74, 6) is 1.84. The van der Waals surface area contributed by atoms with Gasteiger partial charge in [-0.15, -0.1) is 24.0 Å². The van der Waals surface area contributed by atoms with E-state index in [2.05, 4.69) is 51.3 Å². The number of benzene rings is 2. The van der Waals surface area contributed by atoms with Crippen molar-refractivity contribution in [3.8, 4) is 11.5 Å². The Labute approximate surface area is 215 Å². The minimum absolute atomic E-state index is 0. The molecule has 182 valence electrons. The van der Waals surface area contributed by atoms with E-state index in [9.17, 15) is 0 Å². The number of likely N-dealkylation sites (N-methyl/N-ethyl adjacent to an activating group) is 1. The van der Waals surface area contributed by atoms with Crippen LogP contribution >= 0.6 is 24.0 Å². The summed E-state index contributed by atoms with van der Waals surface area (Å²) in [6.07, 6.45) is 0. The van der Waals surface area contributed by atoms with Gasteiger partial charge in [0, 0.05) is 38.8 Å². The molecule has 2 aromatic rings. The number of hydrogen-bond donors (Lipinski definition) is 2. The Balaban J connectivity index is 0.00000385. The van der Waals surface area contributed by atoms with Crippen molar-refractivity contribution in [3.63, 3.8) is 0 Å². The van der Waals surface area contributed by atoms with Crippen LogP contribution < -0.4 is 20.5 Å². The first-order valence-electron chi connectivity index (χ1n) is 11.6. The Hall–Kier alpha value is -2.04. The summed E-state index contributed by atoms with van der Waals surface area (Å²) in [7, 11) is 0. The van der Waals surface area contributed by atoms with Gasteiger partial charge in [0.05, 0.1) is 25.4 Å². The van der Waals surface area contributed by atoms with Crippen molar-refractivity contribution in [1.29, 1.82) is 0 Å². The van der Waals surface area contributed by atoms with E-state index in [0.29, 0.717) is 25.7 Å². The zero-order valence-electron chi connectivity index (χ0n) is 20.0. The predicted molar refractivity (Wildman–Crippen MR) is 147 cm³/mol. The smallest absolute Gasteiger partial charge is 0.193 e. The summed E-state index contributed by atoms with van der Waals surface area (Å²) >= 11 is 0. The van der Waals surface area contributed by atoms with E-state index in [-0.39, 0.29) is 24.0 Å². The second-order valence-electron chi connectivity index (χ2n) is 7.83. The summed E-state index contributed by atoms with van der Waals surface area (Å²) in [6.45, 7) is 14.4. The molecule has 1 fully saturated rings. The number of aliphatic imine (C=N–C) groups is 1. The van der Waals surface area contributed by atoms with Crippen molar-refractivity contribution in [3.05, 3.63) is 53.6 Å². The molecule has 33 heavy (non-hydrogen) atoms. The lowest BCUT2D eigenvalue weighted by molar-refractivity contribution is 0.131. The van der Waals surface area contributed by atoms with Gasteiger partial charge >= 0.3 is 0 Å². The van der Waals surface area contributed by atoms with E-state index < -0.39 is 0 Å². The molecule has 0 aromatic heterocycles. The van der Waals surface area contributed by atoms with Crippen LogP contribution in [0.3, 0.4) is 0 Å². The molecule has 0 bridgehead atoms. The number of halogens is 1. The lowest BCUT2D eigenvalue weighted by Gasteiger charge is -2.34. The zero-order chi connectivity index (χ0) is 22.8. The lowest BCUT2D eigenvalue weighted by Crippen LogP contribution is -2.45. The molecule has 0 saturated carbocycles. The molecule has 0 spiro atoms. The molecule has 1 aliphatic rings. The molecule has 8 heteroatoms. The summed E-state index contributed by atoms with van der Waals surface area (Å²) in [5.41, 5.74) is 9.49. The van der Waals surface area contributed by atoms with E-state index in [1.54, 1.807) is 0 Å². The van der Waals surface area contributed by atoms with Crippen LogP contribution in [-0.2, 0) is 13.1 Å². The highest BCUT2D eigenvalue weighted by Gasteiger charge is 2.16. The molecule has 3 rings (SSSR count). The van der Waals surface area contributed by atoms with Gasteiger partial charge in [0.2, 0.25) is 0 Å². The molecule has 3 N–H and O–H groups in total. The average molecular weight is 568 g/mol. The van der Waals surface area contributed by atoms with Crippen molar-refractivity contribution >= 4 is 35.6 Å². The summed E-state index contributed by atoms with van der Waals surface area (Å²) in [4.78, 5) is 9.62. The molecule has 7 nitrogen and oxygen atoms in total. The van der Waals surface area contributed by atoms with Gasteiger partial charge in [0.25, 0.3) is 0 Å². The van der Waals surface area contributed by atoms with E-state index in [4.69, 9.17) is 15.2 Å². The highest BCUT2D eigenvalue weighted by molar-refractivity contribution is 14.0. The average Bonchev–Trinajstić information content (AvgIpc) is 2.81. The summed E-state index contributed by atoms with van der Waals surface area (Å²) in [6, 6.07) is 14.2. The minimum atomic E-state index is 0. The molecule has 0 unspecified atom stereocenters. The van der Waals surface area contributed by atoms with E-state index in [0.717, 1.165) is 56.5 Å². The fraction of sp³-hybridized carbons (Fsp3) is 0.480. The highest BCUT2D eigenvalue weighted by atomic mass is 127. The third kappa shape index (κ3) is 8.35. The van der Waals surface area contributed by atoms with Crippen LogP contribution in [0, 0.1) is 0 Å². The molecule has 0 amide bonds. The molecular weight excluding hydrogens is 529 g/mol. The number of guanidine groups is 1. The maximum atomic E-state index is 6.23. The first-order valence-corrected chi connectivity index (χ1v) is 11.6. The second-order valence-corrected chi connectivity index (χ2v) is 7.83. The Morgan fingerprint density at radius 2 is 1.61 bits per heavy atom. The maximum Gasteiger partial charge on any atom is 0.193 e. The molecule has 2 aromatic carbocycles. The molecule has 0 aliphatic carbocycles. The molecule has 1 heterocycles. The Kier molecular flexibility index (Phi) is 11.8. The van der Waals surface area contributed by atoms with Crippen LogP contribution in [0.25, 0.3) is 0 Å². The van der Waals surface area contributed by atoms with Crippen molar-refractivity contribution in [2.24, 2.45) is 10.7 Å². The van der Waals surface area contributed by atoms with Gasteiger partial charge in [-0.05, 0) is 43.7 Å². The van der Waals surface area contributed by atoms with Gasteiger partial charge < -0.3 is 25.4 Å². The fourth-order valence-corrected chi connectivity index (χ4v) is 3.86. The van der Waals surface area contributed by atoms with Crippen LogP contribution in [-0.4, -0.2) is 61.7 Å². The van der Waals surface area contributed by atoms with Crippen LogP contribution in [0.15, 0.2) is 47.5 Å². The first-order chi connectivity index (χ1) is 15.6. The summed E-state index contributed by atoms with van der Waals surface area (Å²) < 4.78 is 11.3. The van der Waals surface area contributed by atoms with Crippen molar-refractivity contribution < 1.29 is 9.47 Å². The highest BCUT2D eigenvalue weighted by Crippen LogP contribution is 2.29. The van der Waals surface area contributed by atoms with Gasteiger partial charge in [-0.2, -0.15) is 0 Å². The Morgan fingerprint density at radius 3 is 2.27 bits per heavy atom. The monoisotopic (exact) mass is 567 g/mol.